The van der Waals surface area contributed by atoms with Gasteiger partial charge in [0, 0.05) is 30.2 Å². The van der Waals surface area contributed by atoms with E-state index in [1.807, 2.05) is 0 Å². The molecule has 158 valence electrons. The molecule has 0 aliphatic heterocycles. The molecule has 0 unspecified atom stereocenters. The number of hydrogen-bond donors (Lipinski definition) is 1. The van der Waals surface area contributed by atoms with Crippen molar-refractivity contribution < 1.29 is 23.1 Å². The predicted octanol–water partition coefficient (Wildman–Crippen LogP) is 5.31. The quantitative estimate of drug-likeness (QED) is 0.701. The molecule has 0 saturated heterocycles. The maximum absolute atomic E-state index is 14.0. The summed E-state index contributed by atoms with van der Waals surface area (Å²) in [4.78, 5) is 14.6. The van der Waals surface area contributed by atoms with Crippen molar-refractivity contribution in [3.05, 3.63) is 46.2 Å². The van der Waals surface area contributed by atoms with E-state index in [1.54, 1.807) is 38.1 Å². The second kappa shape index (κ2) is 7.36. The van der Waals surface area contributed by atoms with E-state index in [1.165, 1.54) is 18.9 Å². The largest absolute Gasteiger partial charge is 0.431 e. The van der Waals surface area contributed by atoms with Crippen molar-refractivity contribution in [3.63, 3.8) is 0 Å². The number of nitrogens with zero attached hydrogens (tertiary/aromatic N) is 2. The van der Waals surface area contributed by atoms with Crippen LogP contribution in [0.5, 0.6) is 0 Å². The average molecular weight is 429 g/mol. The molecule has 4 nitrogen and oxygen atoms in total. The number of aliphatic hydroxyl groups is 1. The van der Waals surface area contributed by atoms with Gasteiger partial charge in [-0.05, 0) is 56.9 Å². The van der Waals surface area contributed by atoms with Crippen molar-refractivity contribution in [2.75, 3.05) is 13.6 Å². The lowest BCUT2D eigenvalue weighted by molar-refractivity contribution is -0.144. The van der Waals surface area contributed by atoms with Crippen LogP contribution < -0.4 is 0 Å². The van der Waals surface area contributed by atoms with Crippen LogP contribution in [0.2, 0.25) is 5.02 Å². The molecule has 1 fully saturated rings. The number of aromatic nitrogens is 1. The van der Waals surface area contributed by atoms with Gasteiger partial charge in [-0.15, -0.1) is 0 Å². The third-order valence-corrected chi connectivity index (χ3v) is 5.19. The molecule has 2 aromatic rings. The van der Waals surface area contributed by atoms with Gasteiger partial charge in [-0.3, -0.25) is 4.79 Å². The third-order valence-electron chi connectivity index (χ3n) is 4.94. The smallest absolute Gasteiger partial charge is 0.389 e. The fourth-order valence-electron chi connectivity index (χ4n) is 3.77. The Labute approximate surface area is 172 Å². The van der Waals surface area contributed by atoms with Crippen molar-refractivity contribution in [3.8, 4) is 11.1 Å². The van der Waals surface area contributed by atoms with E-state index in [4.69, 9.17) is 11.6 Å². The van der Waals surface area contributed by atoms with E-state index < -0.39 is 23.4 Å². The summed E-state index contributed by atoms with van der Waals surface area (Å²) in [6, 6.07) is 6.06. The highest BCUT2D eigenvalue weighted by atomic mass is 35.5. The minimum Gasteiger partial charge on any atom is -0.389 e. The molecule has 0 radical (unpaired) electrons. The standard InChI is InChI=1S/C21H24ClF3N2O2/c1-12-16(13-5-7-14(22)8-6-13)17(19(28)26(4)11-20(2,3)29)27(15-9-10-15)18(12)21(23,24)25/h5-8,15,29H,9-11H2,1-4H3. The van der Waals surface area contributed by atoms with Crippen LogP contribution in [0.3, 0.4) is 0 Å². The Bertz CT molecular complexity index is 923. The van der Waals surface area contributed by atoms with Gasteiger partial charge in [0.15, 0.2) is 0 Å². The van der Waals surface area contributed by atoms with Crippen LogP contribution in [0.1, 0.15) is 54.5 Å². The van der Waals surface area contributed by atoms with Gasteiger partial charge in [-0.25, -0.2) is 0 Å². The maximum Gasteiger partial charge on any atom is 0.431 e. The summed E-state index contributed by atoms with van der Waals surface area (Å²) in [5.41, 5.74) is -1.18. The SMILES string of the molecule is Cc1c(-c2ccc(Cl)cc2)c(C(=O)N(C)CC(C)(C)O)n(C2CC2)c1C(F)(F)F. The number of benzene rings is 1. The van der Waals surface area contributed by atoms with Gasteiger partial charge >= 0.3 is 6.18 Å². The Morgan fingerprint density at radius 1 is 1.24 bits per heavy atom. The number of rotatable bonds is 5. The fraction of sp³-hybridized carbons (Fsp3) is 0.476. The van der Waals surface area contributed by atoms with Crippen molar-refractivity contribution >= 4 is 17.5 Å². The molecule has 0 atom stereocenters. The zero-order valence-corrected chi connectivity index (χ0v) is 17.5. The molecule has 1 aromatic heterocycles. The summed E-state index contributed by atoms with van der Waals surface area (Å²) >= 11 is 5.95. The molecule has 1 saturated carbocycles. The van der Waals surface area contributed by atoms with Gasteiger partial charge in [0.25, 0.3) is 5.91 Å². The molecule has 29 heavy (non-hydrogen) atoms. The van der Waals surface area contributed by atoms with Crippen LogP contribution in [0, 0.1) is 6.92 Å². The van der Waals surface area contributed by atoms with E-state index in [-0.39, 0.29) is 29.4 Å². The predicted molar refractivity (Wildman–Crippen MR) is 106 cm³/mol. The third kappa shape index (κ3) is 4.46. The van der Waals surface area contributed by atoms with Crippen LogP contribution in [0.15, 0.2) is 24.3 Å². The minimum atomic E-state index is -4.60. The molecule has 3 rings (SSSR count). The summed E-state index contributed by atoms with van der Waals surface area (Å²) in [5, 5.41) is 10.5. The molecule has 1 heterocycles. The number of likely N-dealkylation sites (N-methyl/N-ethyl adjacent to an activating group) is 1. The Hall–Kier alpha value is -1.99. The molecule has 1 aromatic carbocycles. The molecule has 1 aliphatic carbocycles. The number of carbonyl (C=O) groups excluding carboxylic acids is 1. The Balaban J connectivity index is 2.26. The van der Waals surface area contributed by atoms with Gasteiger partial charge in [0.05, 0.1) is 5.60 Å². The van der Waals surface area contributed by atoms with E-state index in [9.17, 15) is 23.1 Å². The molecule has 8 heteroatoms. The van der Waals surface area contributed by atoms with Crippen molar-refractivity contribution in [2.24, 2.45) is 0 Å². The summed E-state index contributed by atoms with van der Waals surface area (Å²) < 4.78 is 43.2. The van der Waals surface area contributed by atoms with Gasteiger partial charge in [0.2, 0.25) is 0 Å². The summed E-state index contributed by atoms with van der Waals surface area (Å²) in [7, 11) is 1.48. The first-order valence-corrected chi connectivity index (χ1v) is 9.75. The first-order valence-electron chi connectivity index (χ1n) is 9.37. The summed E-state index contributed by atoms with van der Waals surface area (Å²) in [6.07, 6.45) is -3.42. The highest BCUT2D eigenvalue weighted by Crippen LogP contribution is 2.48. The van der Waals surface area contributed by atoms with Crippen LogP contribution in [0.4, 0.5) is 13.2 Å². The molecule has 0 bridgehead atoms. The lowest BCUT2D eigenvalue weighted by Crippen LogP contribution is -2.40. The number of hydrogen-bond acceptors (Lipinski definition) is 2. The lowest BCUT2D eigenvalue weighted by Gasteiger charge is -2.27. The van der Waals surface area contributed by atoms with E-state index in [2.05, 4.69) is 0 Å². The molecule has 1 amide bonds. The summed E-state index contributed by atoms with van der Waals surface area (Å²) in [6.45, 7) is 4.48. The second-order valence-electron chi connectivity index (χ2n) is 8.28. The lowest BCUT2D eigenvalue weighted by atomic mass is 10.00. The zero-order valence-electron chi connectivity index (χ0n) is 16.8. The zero-order chi connectivity index (χ0) is 21.7. The molecule has 1 N–H and O–H groups in total. The minimum absolute atomic E-state index is 0.00592. The monoisotopic (exact) mass is 428 g/mol. The van der Waals surface area contributed by atoms with E-state index in [0.717, 1.165) is 4.57 Å². The fourth-order valence-corrected chi connectivity index (χ4v) is 3.89. The van der Waals surface area contributed by atoms with Crippen molar-refractivity contribution in [1.29, 1.82) is 0 Å². The normalized spacial score (nSPS) is 14.9. The van der Waals surface area contributed by atoms with E-state index in [0.29, 0.717) is 23.4 Å². The highest BCUT2D eigenvalue weighted by molar-refractivity contribution is 6.30. The second-order valence-corrected chi connectivity index (χ2v) is 8.71. The topological polar surface area (TPSA) is 45.5 Å². The number of alkyl halides is 3. The number of halogens is 4. The van der Waals surface area contributed by atoms with Crippen LogP contribution in [0.25, 0.3) is 11.1 Å². The van der Waals surface area contributed by atoms with Gasteiger partial charge in [-0.2, -0.15) is 13.2 Å². The van der Waals surface area contributed by atoms with Crippen LogP contribution in [-0.4, -0.2) is 39.7 Å². The molecule has 1 aliphatic rings. The number of amides is 1. The van der Waals surface area contributed by atoms with Gasteiger partial charge in [0.1, 0.15) is 11.4 Å². The summed E-state index contributed by atoms with van der Waals surface area (Å²) in [5.74, 6) is -0.553. The van der Waals surface area contributed by atoms with E-state index >= 15 is 0 Å². The van der Waals surface area contributed by atoms with Crippen LogP contribution >= 0.6 is 11.6 Å². The molecular formula is C21H24ClF3N2O2. The maximum atomic E-state index is 14.0. The van der Waals surface area contributed by atoms with Gasteiger partial charge in [-0.1, -0.05) is 23.7 Å². The number of carbonyl (C=O) groups is 1. The van der Waals surface area contributed by atoms with Crippen molar-refractivity contribution in [1.82, 2.24) is 9.47 Å². The Morgan fingerprint density at radius 2 is 1.79 bits per heavy atom. The average Bonchev–Trinajstić information content (AvgIpc) is 3.36. The van der Waals surface area contributed by atoms with Crippen molar-refractivity contribution in [2.45, 2.75) is 51.4 Å². The van der Waals surface area contributed by atoms with Crippen LogP contribution in [-0.2, 0) is 6.18 Å². The highest BCUT2D eigenvalue weighted by Gasteiger charge is 2.45. The first kappa shape index (κ1) is 21.7. The first-order chi connectivity index (χ1) is 13.3. The molecule has 0 spiro atoms. The van der Waals surface area contributed by atoms with Gasteiger partial charge < -0.3 is 14.6 Å². The Morgan fingerprint density at radius 3 is 2.24 bits per heavy atom. The molecular weight excluding hydrogens is 405 g/mol. The Kier molecular flexibility index (Phi) is 5.51.